The fourth-order valence-electron chi connectivity index (χ4n) is 3.01. The number of carbonyl (C=O) groups is 2. The van der Waals surface area contributed by atoms with E-state index >= 15 is 0 Å². The maximum absolute atomic E-state index is 12.6. The van der Waals surface area contributed by atoms with E-state index in [2.05, 4.69) is 20.6 Å². The zero-order chi connectivity index (χ0) is 19.5. The molecule has 140 valence electrons. The number of nitrogens with one attached hydrogen (secondary N) is 2. The van der Waals surface area contributed by atoms with Gasteiger partial charge in [-0.2, -0.15) is 10.2 Å². The summed E-state index contributed by atoms with van der Waals surface area (Å²) < 4.78 is 6.38. The van der Waals surface area contributed by atoms with E-state index in [1.54, 1.807) is 6.20 Å². The number of nitrogens with zero attached hydrogens (tertiary/aromatic N) is 3. The number of amides is 1. The molecular weight excluding hydrogens is 358 g/mol. The van der Waals surface area contributed by atoms with Crippen molar-refractivity contribution in [1.29, 1.82) is 0 Å². The van der Waals surface area contributed by atoms with Crippen molar-refractivity contribution in [1.82, 2.24) is 20.0 Å². The van der Waals surface area contributed by atoms with E-state index in [-0.39, 0.29) is 11.6 Å². The van der Waals surface area contributed by atoms with Crippen molar-refractivity contribution in [2.24, 2.45) is 0 Å². The molecule has 0 aliphatic rings. The molecule has 28 heavy (non-hydrogen) atoms. The number of esters is 1. The number of rotatable bonds is 5. The van der Waals surface area contributed by atoms with Gasteiger partial charge in [0.05, 0.1) is 24.5 Å². The van der Waals surface area contributed by atoms with Crippen LogP contribution in [0.1, 0.15) is 22.1 Å². The van der Waals surface area contributed by atoms with Crippen LogP contribution in [-0.4, -0.2) is 39.0 Å². The molecule has 0 spiro atoms. The van der Waals surface area contributed by atoms with E-state index in [0.29, 0.717) is 5.69 Å². The summed E-state index contributed by atoms with van der Waals surface area (Å²) in [6.45, 7) is 0. The second-order valence-corrected chi connectivity index (χ2v) is 6.12. The molecule has 0 saturated heterocycles. The minimum atomic E-state index is -0.747. The van der Waals surface area contributed by atoms with E-state index in [4.69, 9.17) is 4.74 Å². The van der Waals surface area contributed by atoms with Crippen LogP contribution in [0.15, 0.2) is 67.0 Å². The van der Waals surface area contributed by atoms with Crippen molar-refractivity contribution in [3.8, 4) is 0 Å². The van der Waals surface area contributed by atoms with Crippen LogP contribution in [0.2, 0.25) is 0 Å². The number of para-hydroxylation sites is 1. The predicted octanol–water partition coefficient (Wildman–Crippen LogP) is 2.77. The molecule has 8 nitrogen and oxygen atoms in total. The fraction of sp³-hybridized carbons (Fsp3) is 0.100. The van der Waals surface area contributed by atoms with Crippen molar-refractivity contribution in [3.63, 3.8) is 0 Å². The standard InChI is InChI=1S/C20H17N5O3/c1-28-20(27)18(13-7-3-2-4-8-13)25-12-14(11-21-25)22-19(26)17-15-9-5-6-10-16(15)23-24-17/h2-12,18H,1H3,(H,22,26)(H,23,24). The Bertz CT molecular complexity index is 1130. The SMILES string of the molecule is COC(=O)C(c1ccccc1)n1cc(NC(=O)c2n[nH]c3ccccc23)cn1. The average Bonchev–Trinajstić information content (AvgIpc) is 3.36. The third-order valence-electron chi connectivity index (χ3n) is 4.35. The van der Waals surface area contributed by atoms with Crippen LogP contribution < -0.4 is 5.32 Å². The number of fused-ring (bicyclic) bond motifs is 1. The highest BCUT2D eigenvalue weighted by atomic mass is 16.5. The van der Waals surface area contributed by atoms with Gasteiger partial charge in [-0.25, -0.2) is 4.79 Å². The molecule has 2 aromatic carbocycles. The topological polar surface area (TPSA) is 102 Å². The van der Waals surface area contributed by atoms with Gasteiger partial charge in [0.25, 0.3) is 5.91 Å². The summed E-state index contributed by atoms with van der Waals surface area (Å²) in [5, 5.41) is 14.6. The van der Waals surface area contributed by atoms with Gasteiger partial charge in [0.2, 0.25) is 0 Å². The Balaban J connectivity index is 1.59. The molecule has 1 amide bonds. The lowest BCUT2D eigenvalue weighted by molar-refractivity contribution is -0.143. The normalized spacial score (nSPS) is 11.9. The molecule has 8 heteroatoms. The molecule has 0 aliphatic heterocycles. The zero-order valence-corrected chi connectivity index (χ0v) is 15.0. The van der Waals surface area contributed by atoms with Gasteiger partial charge in [0.1, 0.15) is 0 Å². The van der Waals surface area contributed by atoms with Crippen molar-refractivity contribution in [3.05, 3.63) is 78.2 Å². The molecule has 4 rings (SSSR count). The Morgan fingerprint density at radius 1 is 1.11 bits per heavy atom. The van der Waals surface area contributed by atoms with E-state index in [0.717, 1.165) is 16.5 Å². The smallest absolute Gasteiger partial charge is 0.335 e. The van der Waals surface area contributed by atoms with Crippen molar-refractivity contribution < 1.29 is 14.3 Å². The minimum absolute atomic E-state index is 0.288. The highest BCUT2D eigenvalue weighted by Crippen LogP contribution is 2.22. The molecule has 0 saturated carbocycles. The van der Waals surface area contributed by atoms with Gasteiger partial charge < -0.3 is 10.1 Å². The maximum atomic E-state index is 12.6. The van der Waals surface area contributed by atoms with Crippen LogP contribution in [0.3, 0.4) is 0 Å². The second-order valence-electron chi connectivity index (χ2n) is 6.12. The Kier molecular flexibility index (Phi) is 4.59. The summed E-state index contributed by atoms with van der Waals surface area (Å²) >= 11 is 0. The zero-order valence-electron chi connectivity index (χ0n) is 15.0. The quantitative estimate of drug-likeness (QED) is 0.522. The maximum Gasteiger partial charge on any atom is 0.335 e. The third kappa shape index (κ3) is 3.23. The minimum Gasteiger partial charge on any atom is -0.467 e. The summed E-state index contributed by atoms with van der Waals surface area (Å²) in [5.41, 5.74) is 2.24. The lowest BCUT2D eigenvalue weighted by Crippen LogP contribution is -2.22. The number of aromatic amines is 1. The van der Waals surface area contributed by atoms with Crippen LogP contribution in [0, 0.1) is 0 Å². The Morgan fingerprint density at radius 2 is 1.86 bits per heavy atom. The number of anilines is 1. The highest BCUT2D eigenvalue weighted by molar-refractivity contribution is 6.10. The number of hydrogen-bond donors (Lipinski definition) is 2. The highest BCUT2D eigenvalue weighted by Gasteiger charge is 2.24. The molecule has 1 atom stereocenters. The second kappa shape index (κ2) is 7.36. The van der Waals surface area contributed by atoms with Crippen LogP contribution >= 0.6 is 0 Å². The van der Waals surface area contributed by atoms with Gasteiger partial charge in [0, 0.05) is 11.6 Å². The van der Waals surface area contributed by atoms with Crippen LogP contribution in [0.5, 0.6) is 0 Å². The summed E-state index contributed by atoms with van der Waals surface area (Å²) in [5.74, 6) is -0.822. The van der Waals surface area contributed by atoms with Crippen LogP contribution in [0.25, 0.3) is 10.9 Å². The summed E-state index contributed by atoms with van der Waals surface area (Å²) in [6, 6.07) is 15.8. The van der Waals surface area contributed by atoms with E-state index in [1.165, 1.54) is 18.0 Å². The summed E-state index contributed by atoms with van der Waals surface area (Å²) in [7, 11) is 1.33. The molecule has 2 N–H and O–H groups in total. The Morgan fingerprint density at radius 3 is 2.64 bits per heavy atom. The molecule has 2 heterocycles. The van der Waals surface area contributed by atoms with Crippen molar-refractivity contribution in [2.45, 2.75) is 6.04 Å². The van der Waals surface area contributed by atoms with Crippen molar-refractivity contribution in [2.75, 3.05) is 12.4 Å². The number of H-pyrrole nitrogens is 1. The molecule has 1 unspecified atom stereocenters. The first-order valence-corrected chi connectivity index (χ1v) is 8.59. The number of benzene rings is 2. The predicted molar refractivity (Wildman–Crippen MR) is 103 cm³/mol. The van der Waals surface area contributed by atoms with E-state index in [1.807, 2.05) is 54.6 Å². The molecule has 0 radical (unpaired) electrons. The first-order chi connectivity index (χ1) is 13.7. The van der Waals surface area contributed by atoms with Gasteiger partial charge >= 0.3 is 5.97 Å². The lowest BCUT2D eigenvalue weighted by atomic mass is 10.1. The van der Waals surface area contributed by atoms with Gasteiger partial charge in [-0.05, 0) is 11.6 Å². The largest absolute Gasteiger partial charge is 0.467 e. The molecule has 0 aliphatic carbocycles. The fourth-order valence-corrected chi connectivity index (χ4v) is 3.01. The monoisotopic (exact) mass is 375 g/mol. The molecular formula is C20H17N5O3. The number of ether oxygens (including phenoxy) is 1. The molecule has 0 fully saturated rings. The first kappa shape index (κ1) is 17.5. The van der Waals surface area contributed by atoms with Gasteiger partial charge in [-0.1, -0.05) is 48.5 Å². The number of hydrogen-bond acceptors (Lipinski definition) is 5. The molecule has 0 bridgehead atoms. The Hall–Kier alpha value is -3.94. The van der Waals surface area contributed by atoms with Crippen molar-refractivity contribution >= 4 is 28.5 Å². The Labute approximate surface area is 160 Å². The number of aromatic nitrogens is 4. The van der Waals surface area contributed by atoms with Gasteiger partial charge in [0.15, 0.2) is 11.7 Å². The van der Waals surface area contributed by atoms with E-state index in [9.17, 15) is 9.59 Å². The average molecular weight is 375 g/mol. The lowest BCUT2D eigenvalue weighted by Gasteiger charge is -2.15. The van der Waals surface area contributed by atoms with Crippen LogP contribution in [0.4, 0.5) is 5.69 Å². The number of methoxy groups -OCH3 is 1. The van der Waals surface area contributed by atoms with E-state index < -0.39 is 12.0 Å². The van der Waals surface area contributed by atoms with Gasteiger partial charge in [-0.15, -0.1) is 0 Å². The number of carbonyl (C=O) groups excluding carboxylic acids is 2. The van der Waals surface area contributed by atoms with Crippen LogP contribution in [-0.2, 0) is 9.53 Å². The molecule has 2 aromatic heterocycles. The third-order valence-corrected chi connectivity index (χ3v) is 4.35. The van der Waals surface area contributed by atoms with Gasteiger partial charge in [-0.3, -0.25) is 14.6 Å². The molecule has 4 aromatic rings. The first-order valence-electron chi connectivity index (χ1n) is 8.59. The summed E-state index contributed by atoms with van der Waals surface area (Å²) in [6.07, 6.45) is 3.06. The summed E-state index contributed by atoms with van der Waals surface area (Å²) in [4.78, 5) is 24.9.